The smallest absolute Gasteiger partial charge is 0.323 e. The van der Waals surface area contributed by atoms with Crippen molar-refractivity contribution in [2.24, 2.45) is 5.92 Å². The summed E-state index contributed by atoms with van der Waals surface area (Å²) < 4.78 is 5.03. The number of amides is 1. The molecule has 2 aliphatic rings. The van der Waals surface area contributed by atoms with Gasteiger partial charge in [-0.1, -0.05) is 18.2 Å². The molecule has 1 aromatic carbocycles. The first-order valence-corrected chi connectivity index (χ1v) is 7.50. The summed E-state index contributed by atoms with van der Waals surface area (Å²) in [7, 11) is 0. The van der Waals surface area contributed by atoms with Crippen LogP contribution >= 0.6 is 0 Å². The SMILES string of the molecule is O=C(Nc1ccccc1)C1CCCN(C2CCOC2=O)C1. The van der Waals surface area contributed by atoms with Crippen molar-refractivity contribution in [2.75, 3.05) is 25.0 Å². The van der Waals surface area contributed by atoms with Crippen molar-refractivity contribution >= 4 is 17.6 Å². The second-order valence-corrected chi connectivity index (χ2v) is 5.66. The van der Waals surface area contributed by atoms with Gasteiger partial charge in [0.05, 0.1) is 12.5 Å². The van der Waals surface area contributed by atoms with E-state index in [4.69, 9.17) is 4.74 Å². The Balaban J connectivity index is 1.60. The van der Waals surface area contributed by atoms with Crippen molar-refractivity contribution < 1.29 is 14.3 Å². The second-order valence-electron chi connectivity index (χ2n) is 5.66. The predicted molar refractivity (Wildman–Crippen MR) is 78.7 cm³/mol. The zero-order chi connectivity index (χ0) is 14.7. The molecule has 3 rings (SSSR count). The van der Waals surface area contributed by atoms with Crippen LogP contribution in [0.1, 0.15) is 19.3 Å². The Morgan fingerprint density at radius 1 is 1.24 bits per heavy atom. The number of anilines is 1. The van der Waals surface area contributed by atoms with Crippen LogP contribution in [0.3, 0.4) is 0 Å². The summed E-state index contributed by atoms with van der Waals surface area (Å²) in [5.41, 5.74) is 0.819. The van der Waals surface area contributed by atoms with Crippen LogP contribution in [0, 0.1) is 5.92 Å². The first-order valence-electron chi connectivity index (χ1n) is 7.50. The summed E-state index contributed by atoms with van der Waals surface area (Å²) in [4.78, 5) is 26.1. The molecular formula is C16H20N2O3. The van der Waals surface area contributed by atoms with Crippen molar-refractivity contribution in [3.05, 3.63) is 30.3 Å². The summed E-state index contributed by atoms with van der Waals surface area (Å²) >= 11 is 0. The number of carbonyl (C=O) groups is 2. The average Bonchev–Trinajstić information content (AvgIpc) is 2.94. The summed E-state index contributed by atoms with van der Waals surface area (Å²) in [6.45, 7) is 2.01. The third-order valence-corrected chi connectivity index (χ3v) is 4.21. The molecule has 112 valence electrons. The molecule has 2 heterocycles. The van der Waals surface area contributed by atoms with Crippen molar-refractivity contribution in [3.63, 3.8) is 0 Å². The van der Waals surface area contributed by atoms with Gasteiger partial charge in [-0.15, -0.1) is 0 Å². The number of benzene rings is 1. The van der Waals surface area contributed by atoms with E-state index in [1.165, 1.54) is 0 Å². The minimum Gasteiger partial charge on any atom is -0.464 e. The molecule has 0 spiro atoms. The highest BCUT2D eigenvalue weighted by atomic mass is 16.5. The fourth-order valence-electron chi connectivity index (χ4n) is 3.09. The van der Waals surface area contributed by atoms with Crippen LogP contribution in [0.2, 0.25) is 0 Å². The highest BCUT2D eigenvalue weighted by Crippen LogP contribution is 2.24. The van der Waals surface area contributed by atoms with Gasteiger partial charge in [0, 0.05) is 18.7 Å². The molecule has 2 atom stereocenters. The molecule has 0 bridgehead atoms. The Morgan fingerprint density at radius 2 is 2.05 bits per heavy atom. The number of para-hydroxylation sites is 1. The van der Waals surface area contributed by atoms with E-state index in [2.05, 4.69) is 10.2 Å². The molecule has 1 aromatic rings. The Labute approximate surface area is 124 Å². The molecule has 2 aliphatic heterocycles. The Kier molecular flexibility index (Phi) is 4.20. The predicted octanol–water partition coefficient (Wildman–Crippen LogP) is 1.65. The van der Waals surface area contributed by atoms with Gasteiger partial charge in [0.2, 0.25) is 5.91 Å². The van der Waals surface area contributed by atoms with E-state index < -0.39 is 0 Å². The van der Waals surface area contributed by atoms with Gasteiger partial charge >= 0.3 is 5.97 Å². The molecule has 1 N–H and O–H groups in total. The first kappa shape index (κ1) is 14.1. The minimum absolute atomic E-state index is 0.0391. The molecule has 1 amide bonds. The summed E-state index contributed by atoms with van der Waals surface area (Å²) in [5, 5.41) is 2.95. The molecule has 5 heteroatoms. The van der Waals surface area contributed by atoms with Gasteiger partial charge in [-0.3, -0.25) is 14.5 Å². The second kappa shape index (κ2) is 6.26. The van der Waals surface area contributed by atoms with Crippen molar-refractivity contribution in [1.82, 2.24) is 4.90 Å². The largest absolute Gasteiger partial charge is 0.464 e. The number of esters is 1. The Bertz CT molecular complexity index is 518. The van der Waals surface area contributed by atoms with Crippen molar-refractivity contribution in [2.45, 2.75) is 25.3 Å². The van der Waals surface area contributed by atoms with Gasteiger partial charge in [0.1, 0.15) is 6.04 Å². The third kappa shape index (κ3) is 3.24. The molecule has 21 heavy (non-hydrogen) atoms. The maximum atomic E-state index is 12.4. The highest BCUT2D eigenvalue weighted by molar-refractivity contribution is 5.92. The number of ether oxygens (including phenoxy) is 1. The normalized spacial score (nSPS) is 26.4. The number of nitrogens with one attached hydrogen (secondary N) is 1. The van der Waals surface area contributed by atoms with Crippen LogP contribution in [-0.2, 0) is 14.3 Å². The number of hydrogen-bond acceptors (Lipinski definition) is 4. The lowest BCUT2D eigenvalue weighted by molar-refractivity contribution is -0.143. The maximum Gasteiger partial charge on any atom is 0.323 e. The lowest BCUT2D eigenvalue weighted by Gasteiger charge is -2.34. The van der Waals surface area contributed by atoms with Gasteiger partial charge in [0.15, 0.2) is 0 Å². The van der Waals surface area contributed by atoms with Crippen LogP contribution in [0.15, 0.2) is 30.3 Å². The number of cyclic esters (lactones) is 1. The van der Waals surface area contributed by atoms with E-state index in [9.17, 15) is 9.59 Å². The molecule has 2 saturated heterocycles. The van der Waals surface area contributed by atoms with E-state index in [1.807, 2.05) is 30.3 Å². The number of carbonyl (C=O) groups excluding carboxylic acids is 2. The van der Waals surface area contributed by atoms with Crippen molar-refractivity contribution in [3.8, 4) is 0 Å². The number of rotatable bonds is 3. The molecule has 0 aromatic heterocycles. The number of likely N-dealkylation sites (tertiary alicyclic amines) is 1. The van der Waals surface area contributed by atoms with Crippen LogP contribution in [0.25, 0.3) is 0 Å². The lowest BCUT2D eigenvalue weighted by Crippen LogP contribution is -2.47. The lowest BCUT2D eigenvalue weighted by atomic mass is 9.95. The van der Waals surface area contributed by atoms with E-state index in [0.717, 1.165) is 31.5 Å². The third-order valence-electron chi connectivity index (χ3n) is 4.21. The number of piperidine rings is 1. The minimum atomic E-state index is -0.155. The Morgan fingerprint density at radius 3 is 2.76 bits per heavy atom. The van der Waals surface area contributed by atoms with E-state index in [-0.39, 0.29) is 23.8 Å². The summed E-state index contributed by atoms with van der Waals surface area (Å²) in [5.74, 6) is -0.163. The maximum absolute atomic E-state index is 12.4. The summed E-state index contributed by atoms with van der Waals surface area (Å²) in [6, 6.07) is 9.33. The molecule has 2 fully saturated rings. The molecule has 0 aliphatic carbocycles. The van der Waals surface area contributed by atoms with Crippen molar-refractivity contribution in [1.29, 1.82) is 0 Å². The molecular weight excluding hydrogens is 268 g/mol. The van der Waals surface area contributed by atoms with Gasteiger partial charge in [-0.25, -0.2) is 0 Å². The van der Waals surface area contributed by atoms with E-state index in [0.29, 0.717) is 13.2 Å². The fourth-order valence-corrected chi connectivity index (χ4v) is 3.09. The van der Waals surface area contributed by atoms with Gasteiger partial charge in [0.25, 0.3) is 0 Å². The summed E-state index contributed by atoms with van der Waals surface area (Å²) in [6.07, 6.45) is 2.56. The van der Waals surface area contributed by atoms with Gasteiger partial charge < -0.3 is 10.1 Å². The number of nitrogens with zero attached hydrogens (tertiary/aromatic N) is 1. The monoisotopic (exact) mass is 288 g/mol. The van der Waals surface area contributed by atoms with Crippen LogP contribution < -0.4 is 5.32 Å². The molecule has 5 nitrogen and oxygen atoms in total. The quantitative estimate of drug-likeness (QED) is 0.859. The standard InChI is InChI=1S/C16H20N2O3/c19-15(17-13-6-2-1-3-7-13)12-5-4-9-18(11-12)14-8-10-21-16(14)20/h1-3,6-7,12,14H,4-5,8-11H2,(H,17,19). The Hall–Kier alpha value is -1.88. The van der Waals surface area contributed by atoms with Crippen LogP contribution in [0.4, 0.5) is 5.69 Å². The van der Waals surface area contributed by atoms with Gasteiger partial charge in [-0.2, -0.15) is 0 Å². The average molecular weight is 288 g/mol. The van der Waals surface area contributed by atoms with Crippen LogP contribution in [-0.4, -0.2) is 42.5 Å². The zero-order valence-electron chi connectivity index (χ0n) is 12.0. The topological polar surface area (TPSA) is 58.6 Å². The number of hydrogen-bond donors (Lipinski definition) is 1. The van der Waals surface area contributed by atoms with E-state index in [1.54, 1.807) is 0 Å². The fraction of sp³-hybridized carbons (Fsp3) is 0.500. The zero-order valence-corrected chi connectivity index (χ0v) is 12.0. The molecule has 2 unspecified atom stereocenters. The first-order chi connectivity index (χ1) is 10.2. The molecule has 0 saturated carbocycles. The van der Waals surface area contributed by atoms with Gasteiger partial charge in [-0.05, 0) is 31.5 Å². The highest BCUT2D eigenvalue weighted by Gasteiger charge is 2.36. The van der Waals surface area contributed by atoms with E-state index >= 15 is 0 Å². The molecule has 0 radical (unpaired) electrons. The van der Waals surface area contributed by atoms with Crippen LogP contribution in [0.5, 0.6) is 0 Å².